The van der Waals surface area contributed by atoms with E-state index in [1.807, 2.05) is 58.0 Å². The molecule has 0 bridgehead atoms. The van der Waals surface area contributed by atoms with Crippen LogP contribution in [-0.2, 0) is 26.0 Å². The zero-order chi connectivity index (χ0) is 23.4. The Morgan fingerprint density at radius 3 is 2.28 bits per heavy atom. The van der Waals surface area contributed by atoms with Crippen molar-refractivity contribution in [3.8, 4) is 0 Å². The summed E-state index contributed by atoms with van der Waals surface area (Å²) >= 11 is 0. The molecule has 32 heavy (non-hydrogen) atoms. The van der Waals surface area contributed by atoms with E-state index in [1.54, 1.807) is 36.4 Å². The van der Waals surface area contributed by atoms with E-state index in [2.05, 4.69) is 4.72 Å². The standard InChI is InChI=1S/C25H30N2O4S/c1-19-12-14-21(15-13-19)32(29,30)26-17-9-8-16-25(18-20-10-6-5-7-11-20)23(28)31-22(27-25)24(2,3)4/h5-15,26H,16-18H2,1-4H3/b9-8+. The molecule has 1 atom stereocenters. The highest BCUT2D eigenvalue weighted by Gasteiger charge is 2.47. The zero-order valence-electron chi connectivity index (χ0n) is 19.0. The van der Waals surface area contributed by atoms with Crippen LogP contribution in [0.2, 0.25) is 0 Å². The van der Waals surface area contributed by atoms with E-state index in [4.69, 9.17) is 9.73 Å². The Morgan fingerprint density at radius 2 is 1.69 bits per heavy atom. The maximum Gasteiger partial charge on any atom is 0.341 e. The van der Waals surface area contributed by atoms with Gasteiger partial charge in [0, 0.05) is 24.8 Å². The van der Waals surface area contributed by atoms with Gasteiger partial charge in [-0.05, 0) is 24.6 Å². The summed E-state index contributed by atoms with van der Waals surface area (Å²) < 4.78 is 33.0. The van der Waals surface area contributed by atoms with Crippen molar-refractivity contribution in [1.82, 2.24) is 4.72 Å². The van der Waals surface area contributed by atoms with Crippen LogP contribution in [0.1, 0.15) is 38.3 Å². The molecule has 2 aromatic rings. The van der Waals surface area contributed by atoms with E-state index >= 15 is 0 Å². The van der Waals surface area contributed by atoms with E-state index < -0.39 is 15.6 Å². The van der Waals surface area contributed by atoms with Gasteiger partial charge >= 0.3 is 5.97 Å². The molecule has 7 heteroatoms. The Morgan fingerprint density at radius 1 is 1.03 bits per heavy atom. The van der Waals surface area contributed by atoms with Crippen molar-refractivity contribution >= 4 is 21.9 Å². The third-order valence-corrected chi connectivity index (χ3v) is 6.65. The van der Waals surface area contributed by atoms with Crippen molar-refractivity contribution in [2.75, 3.05) is 6.54 Å². The van der Waals surface area contributed by atoms with Crippen LogP contribution in [0.25, 0.3) is 0 Å². The minimum atomic E-state index is -3.60. The second-order valence-electron chi connectivity index (χ2n) is 9.09. The average molecular weight is 455 g/mol. The number of esters is 1. The van der Waals surface area contributed by atoms with E-state index in [9.17, 15) is 13.2 Å². The molecular weight excluding hydrogens is 424 g/mol. The molecule has 0 fully saturated rings. The lowest BCUT2D eigenvalue weighted by atomic mass is 9.88. The second kappa shape index (κ2) is 9.38. The van der Waals surface area contributed by atoms with E-state index in [-0.39, 0.29) is 22.8 Å². The number of hydrogen-bond acceptors (Lipinski definition) is 5. The molecule has 0 saturated heterocycles. The molecule has 170 valence electrons. The van der Waals surface area contributed by atoms with E-state index in [0.717, 1.165) is 11.1 Å². The fraction of sp³-hybridized carbons (Fsp3) is 0.360. The lowest BCUT2D eigenvalue weighted by Gasteiger charge is -2.20. The minimum Gasteiger partial charge on any atom is -0.409 e. The summed E-state index contributed by atoms with van der Waals surface area (Å²) in [7, 11) is -3.60. The summed E-state index contributed by atoms with van der Waals surface area (Å²) in [6.07, 6.45) is 4.21. The molecule has 1 N–H and O–H groups in total. The number of rotatable bonds is 8. The maximum atomic E-state index is 12.9. The summed E-state index contributed by atoms with van der Waals surface area (Å²) in [5, 5.41) is 0. The Kier molecular flexibility index (Phi) is 7.00. The van der Waals surface area contributed by atoms with Crippen LogP contribution in [0.15, 0.2) is 76.6 Å². The quantitative estimate of drug-likeness (QED) is 0.478. The molecule has 0 spiro atoms. The Labute approximate surface area is 190 Å². The van der Waals surface area contributed by atoms with Crippen molar-refractivity contribution in [1.29, 1.82) is 0 Å². The van der Waals surface area contributed by atoms with E-state index in [0.29, 0.717) is 18.7 Å². The Balaban J connectivity index is 1.73. The molecule has 2 aromatic carbocycles. The zero-order valence-corrected chi connectivity index (χ0v) is 19.8. The Bertz CT molecular complexity index is 1110. The summed E-state index contributed by atoms with van der Waals surface area (Å²) in [5.41, 5.74) is 0.528. The van der Waals surface area contributed by atoms with Gasteiger partial charge in [0.25, 0.3) is 0 Å². The molecule has 1 aliphatic heterocycles. The molecule has 0 radical (unpaired) electrons. The van der Waals surface area contributed by atoms with Gasteiger partial charge in [-0.1, -0.05) is 81.0 Å². The van der Waals surface area contributed by atoms with Gasteiger partial charge in [0.05, 0.1) is 4.90 Å². The summed E-state index contributed by atoms with van der Waals surface area (Å²) in [6.45, 7) is 7.87. The first-order valence-corrected chi connectivity index (χ1v) is 12.1. The molecular formula is C25H30N2O4S. The fourth-order valence-electron chi connectivity index (χ4n) is 3.33. The monoisotopic (exact) mass is 454 g/mol. The molecule has 1 unspecified atom stereocenters. The number of sulfonamides is 1. The number of nitrogens with zero attached hydrogens (tertiary/aromatic N) is 1. The normalized spacial score (nSPS) is 19.2. The van der Waals surface area contributed by atoms with Gasteiger partial charge in [-0.15, -0.1) is 0 Å². The highest BCUT2D eigenvalue weighted by molar-refractivity contribution is 7.89. The van der Waals surface area contributed by atoms with Gasteiger partial charge < -0.3 is 4.74 Å². The number of hydrogen-bond donors (Lipinski definition) is 1. The number of aliphatic imine (C=N–C) groups is 1. The third kappa shape index (κ3) is 5.72. The lowest BCUT2D eigenvalue weighted by Crippen LogP contribution is -2.36. The maximum absolute atomic E-state index is 12.9. The number of cyclic esters (lactones) is 1. The average Bonchev–Trinajstić information content (AvgIpc) is 3.05. The van der Waals surface area contributed by atoms with Gasteiger partial charge in [0.1, 0.15) is 0 Å². The van der Waals surface area contributed by atoms with Crippen molar-refractivity contribution < 1.29 is 17.9 Å². The number of nitrogens with one attached hydrogen (secondary N) is 1. The van der Waals surface area contributed by atoms with Crippen LogP contribution in [-0.4, -0.2) is 32.4 Å². The molecule has 0 aromatic heterocycles. The largest absolute Gasteiger partial charge is 0.409 e. The van der Waals surface area contributed by atoms with Gasteiger partial charge in [-0.2, -0.15) is 0 Å². The van der Waals surface area contributed by atoms with Crippen LogP contribution in [0.5, 0.6) is 0 Å². The molecule has 1 aliphatic rings. The van der Waals surface area contributed by atoms with Crippen LogP contribution < -0.4 is 4.72 Å². The van der Waals surface area contributed by atoms with Crippen LogP contribution in [0.3, 0.4) is 0 Å². The van der Waals surface area contributed by atoms with Crippen molar-refractivity contribution in [2.24, 2.45) is 10.4 Å². The predicted molar refractivity (Wildman–Crippen MR) is 126 cm³/mol. The Hall–Kier alpha value is -2.77. The SMILES string of the molecule is Cc1ccc(S(=O)(=O)NC/C=C/CC2(Cc3ccccc3)N=C(C(C)(C)C)OC2=O)cc1. The van der Waals surface area contributed by atoms with Crippen LogP contribution in [0, 0.1) is 12.3 Å². The topological polar surface area (TPSA) is 84.8 Å². The highest BCUT2D eigenvalue weighted by Crippen LogP contribution is 2.34. The molecule has 3 rings (SSSR count). The summed E-state index contributed by atoms with van der Waals surface area (Å²) in [6, 6.07) is 16.4. The molecule has 0 saturated carbocycles. The van der Waals surface area contributed by atoms with Crippen LogP contribution in [0.4, 0.5) is 0 Å². The molecule has 6 nitrogen and oxygen atoms in total. The highest BCUT2D eigenvalue weighted by atomic mass is 32.2. The summed E-state index contributed by atoms with van der Waals surface area (Å²) in [5.74, 6) is 0.0445. The first-order chi connectivity index (χ1) is 15.0. The van der Waals surface area contributed by atoms with Crippen molar-refractivity contribution in [3.63, 3.8) is 0 Å². The van der Waals surface area contributed by atoms with E-state index in [1.165, 1.54) is 0 Å². The molecule has 1 heterocycles. The number of carbonyl (C=O) groups excluding carboxylic acids is 1. The van der Waals surface area contributed by atoms with Crippen LogP contribution >= 0.6 is 0 Å². The van der Waals surface area contributed by atoms with Crippen molar-refractivity contribution in [3.05, 3.63) is 77.9 Å². The van der Waals surface area contributed by atoms with Gasteiger partial charge in [-0.25, -0.2) is 22.9 Å². The first kappa shape index (κ1) is 23.9. The smallest absolute Gasteiger partial charge is 0.341 e. The lowest BCUT2D eigenvalue weighted by molar-refractivity contribution is -0.139. The number of benzene rings is 2. The predicted octanol–water partition coefficient (Wildman–Crippen LogP) is 4.20. The number of aryl methyl sites for hydroxylation is 1. The summed E-state index contributed by atoms with van der Waals surface area (Å²) in [4.78, 5) is 17.9. The third-order valence-electron chi connectivity index (χ3n) is 5.21. The van der Waals surface area contributed by atoms with Gasteiger partial charge in [0.2, 0.25) is 10.0 Å². The minimum absolute atomic E-state index is 0.114. The number of ether oxygens (including phenoxy) is 1. The van der Waals surface area contributed by atoms with Crippen molar-refractivity contribution in [2.45, 2.75) is 51.0 Å². The molecule has 0 amide bonds. The first-order valence-electron chi connectivity index (χ1n) is 10.6. The number of carbonyl (C=O) groups is 1. The molecule has 0 aliphatic carbocycles. The second-order valence-corrected chi connectivity index (χ2v) is 10.9. The van der Waals surface area contributed by atoms with Gasteiger partial charge in [0.15, 0.2) is 11.4 Å². The van der Waals surface area contributed by atoms with Gasteiger partial charge in [-0.3, -0.25) is 0 Å². The fourth-order valence-corrected chi connectivity index (χ4v) is 4.31.